The second-order valence-electron chi connectivity index (χ2n) is 3.70. The van der Waals surface area contributed by atoms with Crippen LogP contribution in [0.1, 0.15) is 5.56 Å². The van der Waals surface area contributed by atoms with E-state index in [1.165, 1.54) is 3.57 Å². The van der Waals surface area contributed by atoms with Crippen LogP contribution in [0.3, 0.4) is 0 Å². The molecular weight excluding hydrogens is 389 g/mol. The van der Waals surface area contributed by atoms with E-state index in [4.69, 9.17) is 34.8 Å². The molecule has 0 heterocycles. The molecule has 0 fully saturated rings. The van der Waals surface area contributed by atoms with Gasteiger partial charge in [0, 0.05) is 14.2 Å². The lowest BCUT2D eigenvalue weighted by Gasteiger charge is -2.11. The Bertz CT molecular complexity index is 556. The van der Waals surface area contributed by atoms with Gasteiger partial charge in [-0.3, -0.25) is 0 Å². The Kier molecular flexibility index (Phi) is 4.24. The molecule has 2 rings (SSSR count). The van der Waals surface area contributed by atoms with Gasteiger partial charge < -0.3 is 0 Å². The molecule has 0 amide bonds. The largest absolute Gasteiger partial charge is 0.0842 e. The molecule has 0 nitrogen and oxygen atoms in total. The number of benzene rings is 2. The maximum Gasteiger partial charge on any atom is 0.0514 e. The van der Waals surface area contributed by atoms with Crippen LogP contribution < -0.4 is 0 Å². The average Bonchev–Trinajstić information content (AvgIpc) is 2.19. The minimum atomic E-state index is 0.548. The van der Waals surface area contributed by atoms with Gasteiger partial charge in [-0.25, -0.2) is 0 Å². The summed E-state index contributed by atoms with van der Waals surface area (Å²) in [4.78, 5) is 0. The first-order valence-corrected chi connectivity index (χ1v) is 7.11. The van der Waals surface area contributed by atoms with Crippen molar-refractivity contribution in [1.82, 2.24) is 0 Å². The van der Waals surface area contributed by atoms with Crippen molar-refractivity contribution in [3.63, 3.8) is 0 Å². The van der Waals surface area contributed by atoms with Gasteiger partial charge in [0.2, 0.25) is 0 Å². The van der Waals surface area contributed by atoms with Crippen molar-refractivity contribution >= 4 is 57.4 Å². The van der Waals surface area contributed by atoms with Gasteiger partial charge in [0.1, 0.15) is 0 Å². The average molecular weight is 397 g/mol. The lowest BCUT2D eigenvalue weighted by atomic mass is 10.0. The minimum absolute atomic E-state index is 0.548. The predicted molar refractivity (Wildman–Crippen MR) is 84.4 cm³/mol. The molecule has 0 N–H and O–H groups in total. The van der Waals surface area contributed by atoms with Crippen LogP contribution >= 0.6 is 57.4 Å². The fourth-order valence-electron chi connectivity index (χ4n) is 1.71. The summed E-state index contributed by atoms with van der Waals surface area (Å²) in [6.45, 7) is 2.04. The second-order valence-corrected chi connectivity index (χ2v) is 6.20. The molecule has 0 saturated carbocycles. The zero-order chi connectivity index (χ0) is 12.6. The van der Waals surface area contributed by atoms with Gasteiger partial charge in [-0.1, -0.05) is 40.9 Å². The van der Waals surface area contributed by atoms with Crippen LogP contribution in [0.15, 0.2) is 30.3 Å². The van der Waals surface area contributed by atoms with Crippen LogP contribution in [0.25, 0.3) is 11.1 Å². The molecule has 0 spiro atoms. The molecule has 2 aromatic carbocycles. The van der Waals surface area contributed by atoms with Crippen LogP contribution in [0.4, 0.5) is 0 Å². The van der Waals surface area contributed by atoms with Gasteiger partial charge in [-0.15, -0.1) is 0 Å². The topological polar surface area (TPSA) is 0 Å². The Morgan fingerprint density at radius 2 is 1.53 bits per heavy atom. The first-order valence-electron chi connectivity index (χ1n) is 4.90. The summed E-state index contributed by atoms with van der Waals surface area (Å²) < 4.78 is 1.19. The van der Waals surface area contributed by atoms with E-state index in [2.05, 4.69) is 28.7 Å². The number of halogens is 4. The van der Waals surface area contributed by atoms with E-state index in [9.17, 15) is 0 Å². The third-order valence-corrected chi connectivity index (χ3v) is 3.95. The fourth-order valence-corrected chi connectivity index (χ4v) is 3.37. The third-order valence-electron chi connectivity index (χ3n) is 2.46. The van der Waals surface area contributed by atoms with Crippen LogP contribution in [0.2, 0.25) is 15.1 Å². The fraction of sp³-hybridized carbons (Fsp3) is 0.0769. The highest BCUT2D eigenvalue weighted by Gasteiger charge is 2.12. The highest BCUT2D eigenvalue weighted by atomic mass is 127. The number of rotatable bonds is 1. The molecule has 88 valence electrons. The summed E-state index contributed by atoms with van der Waals surface area (Å²) in [6, 6.07) is 9.57. The van der Waals surface area contributed by atoms with Gasteiger partial charge in [0.15, 0.2) is 0 Å². The van der Waals surface area contributed by atoms with E-state index in [1.54, 1.807) is 12.1 Å². The number of aryl methyl sites for hydroxylation is 1. The van der Waals surface area contributed by atoms with Crippen LogP contribution in [-0.2, 0) is 0 Å². The molecule has 0 unspecified atom stereocenters. The van der Waals surface area contributed by atoms with Crippen molar-refractivity contribution in [2.75, 3.05) is 0 Å². The van der Waals surface area contributed by atoms with Crippen LogP contribution in [0.5, 0.6) is 0 Å². The van der Waals surface area contributed by atoms with Crippen molar-refractivity contribution in [2.24, 2.45) is 0 Å². The molecule has 0 aliphatic rings. The molecule has 0 aliphatic heterocycles. The van der Waals surface area contributed by atoms with Gasteiger partial charge >= 0.3 is 0 Å². The predicted octanol–water partition coefficient (Wildman–Crippen LogP) is 6.23. The Hall–Kier alpha value is 0.0400. The normalized spacial score (nSPS) is 10.6. The van der Waals surface area contributed by atoms with Crippen molar-refractivity contribution in [1.29, 1.82) is 0 Å². The molecule has 0 saturated heterocycles. The molecule has 4 heteroatoms. The Balaban J connectivity index is 2.68. The number of hydrogen-bond donors (Lipinski definition) is 0. The lowest BCUT2D eigenvalue weighted by Crippen LogP contribution is -1.87. The summed E-state index contributed by atoms with van der Waals surface area (Å²) in [7, 11) is 0. The molecule has 0 bridgehead atoms. The Morgan fingerprint density at radius 3 is 2.06 bits per heavy atom. The van der Waals surface area contributed by atoms with Crippen molar-refractivity contribution in [2.45, 2.75) is 6.92 Å². The maximum absolute atomic E-state index is 6.21. The SMILES string of the molecule is Cc1cc(I)ccc1-c1c(Cl)cc(Cl)cc1Cl. The zero-order valence-corrected chi connectivity index (χ0v) is 13.3. The first-order chi connectivity index (χ1) is 7.99. The van der Waals surface area contributed by atoms with Crippen LogP contribution in [0, 0.1) is 10.5 Å². The summed E-state index contributed by atoms with van der Waals surface area (Å²) in [6.07, 6.45) is 0. The van der Waals surface area contributed by atoms with E-state index in [-0.39, 0.29) is 0 Å². The molecule has 2 aromatic rings. The van der Waals surface area contributed by atoms with Gasteiger partial charge in [-0.2, -0.15) is 0 Å². The highest BCUT2D eigenvalue weighted by molar-refractivity contribution is 14.1. The van der Waals surface area contributed by atoms with E-state index >= 15 is 0 Å². The second kappa shape index (κ2) is 5.35. The van der Waals surface area contributed by atoms with Gasteiger partial charge in [0.25, 0.3) is 0 Å². The minimum Gasteiger partial charge on any atom is -0.0842 e. The summed E-state index contributed by atoms with van der Waals surface area (Å²) in [5.74, 6) is 0. The monoisotopic (exact) mass is 396 g/mol. The molecule has 0 aromatic heterocycles. The Morgan fingerprint density at radius 1 is 0.941 bits per heavy atom. The van der Waals surface area contributed by atoms with E-state index in [1.807, 2.05) is 19.1 Å². The molecule has 0 radical (unpaired) electrons. The zero-order valence-electron chi connectivity index (χ0n) is 8.90. The highest BCUT2D eigenvalue weighted by Crippen LogP contribution is 2.38. The summed E-state index contributed by atoms with van der Waals surface area (Å²) in [5, 5.41) is 1.70. The molecule has 17 heavy (non-hydrogen) atoms. The van der Waals surface area contributed by atoms with Gasteiger partial charge in [-0.05, 0) is 64.9 Å². The van der Waals surface area contributed by atoms with Gasteiger partial charge in [0.05, 0.1) is 10.0 Å². The van der Waals surface area contributed by atoms with Crippen molar-refractivity contribution in [3.05, 3.63) is 54.5 Å². The van der Waals surface area contributed by atoms with Crippen molar-refractivity contribution in [3.8, 4) is 11.1 Å². The molecular formula is C13H8Cl3I. The molecule has 0 aliphatic carbocycles. The Labute approximate surface area is 129 Å². The molecule has 0 atom stereocenters. The van der Waals surface area contributed by atoms with E-state index in [0.717, 1.165) is 16.7 Å². The smallest absolute Gasteiger partial charge is 0.0514 e. The first kappa shape index (κ1) is 13.5. The number of hydrogen-bond acceptors (Lipinski definition) is 0. The third kappa shape index (κ3) is 2.90. The maximum atomic E-state index is 6.21. The standard InChI is InChI=1S/C13H8Cl3I/c1-7-4-9(17)2-3-10(7)13-11(15)5-8(14)6-12(13)16/h2-6H,1H3. The van der Waals surface area contributed by atoms with Crippen LogP contribution in [-0.4, -0.2) is 0 Å². The van der Waals surface area contributed by atoms with E-state index in [0.29, 0.717) is 15.1 Å². The van der Waals surface area contributed by atoms with Crippen molar-refractivity contribution < 1.29 is 0 Å². The summed E-state index contributed by atoms with van der Waals surface area (Å²) in [5.41, 5.74) is 3.02. The van der Waals surface area contributed by atoms with E-state index < -0.39 is 0 Å². The summed E-state index contributed by atoms with van der Waals surface area (Å²) >= 11 is 20.6. The quantitative estimate of drug-likeness (QED) is 0.501. The lowest BCUT2D eigenvalue weighted by molar-refractivity contribution is 1.44.